The van der Waals surface area contributed by atoms with Gasteiger partial charge in [-0.15, -0.1) is 0 Å². The second-order valence-electron chi connectivity index (χ2n) is 4.17. The van der Waals surface area contributed by atoms with Crippen molar-refractivity contribution in [2.45, 2.75) is 24.4 Å². The van der Waals surface area contributed by atoms with Crippen LogP contribution in [0.2, 0.25) is 0 Å². The van der Waals surface area contributed by atoms with Crippen LogP contribution in [-0.4, -0.2) is 94.5 Å². The van der Waals surface area contributed by atoms with E-state index in [2.05, 4.69) is 10.6 Å². The Kier molecular flexibility index (Phi) is 11.9. The summed E-state index contributed by atoms with van der Waals surface area (Å²) in [5.41, 5.74) is 9.80. The molecule has 4 atom stereocenters. The van der Waals surface area contributed by atoms with Gasteiger partial charge in [-0.1, -0.05) is 0 Å². The van der Waals surface area contributed by atoms with Gasteiger partial charge in [0.25, 0.3) is 0 Å². The number of nitrogens with zero attached hydrogens (tertiary/aromatic N) is 1. The highest BCUT2D eigenvalue weighted by Gasteiger charge is 2.32. The molecule has 0 heterocycles. The Morgan fingerprint density at radius 2 is 1.63 bits per heavy atom. The number of primary amides is 1. The molecule has 0 aromatic carbocycles. The minimum atomic E-state index is -1.98. The first kappa shape index (κ1) is 20.5. The number of aliphatic hydroxyl groups excluding tert-OH is 5. The van der Waals surface area contributed by atoms with Gasteiger partial charge in [0, 0.05) is 13.1 Å². The predicted octanol–water partition coefficient (Wildman–Crippen LogP) is -4.59. The van der Waals surface area contributed by atoms with E-state index in [1.807, 2.05) is 14.1 Å². The first-order valence-corrected chi connectivity index (χ1v) is 5.66. The Labute approximate surface area is 112 Å². The third-order valence-electron chi connectivity index (χ3n) is 2.12. The molecule has 0 aliphatic rings. The maximum atomic E-state index is 10.3. The maximum absolute atomic E-state index is 10.3. The molecule has 0 aromatic rings. The van der Waals surface area contributed by atoms with Gasteiger partial charge in [0.05, 0.1) is 6.61 Å². The van der Waals surface area contributed by atoms with Crippen LogP contribution in [0.4, 0.5) is 0 Å². The Bertz CT molecular complexity index is 241. The summed E-state index contributed by atoms with van der Waals surface area (Å²) in [5, 5.41) is 44.0. The van der Waals surface area contributed by atoms with Crippen LogP contribution in [0.1, 0.15) is 0 Å². The molecule has 0 bridgehead atoms. The van der Waals surface area contributed by atoms with Crippen LogP contribution < -0.4 is 11.5 Å². The molecular weight excluding hydrogens is 258 g/mol. The highest BCUT2D eigenvalue weighted by atomic mass is 16.4. The average Bonchev–Trinajstić information content (AvgIpc) is 2.35. The monoisotopic (exact) mass is 283 g/mol. The number of likely N-dealkylation sites (N-methyl/N-ethyl adjacent to an activating group) is 1. The second kappa shape index (κ2) is 11.1. The molecule has 0 spiro atoms. The lowest BCUT2D eigenvalue weighted by atomic mass is 10.0. The molecule has 0 fully saturated rings. The highest BCUT2D eigenvalue weighted by Crippen LogP contribution is 2.04. The molecule has 9 N–H and O–H groups in total. The van der Waals surface area contributed by atoms with Crippen molar-refractivity contribution in [3.05, 3.63) is 0 Å². The third-order valence-corrected chi connectivity index (χ3v) is 2.12. The van der Waals surface area contributed by atoms with Gasteiger partial charge in [-0.3, -0.25) is 4.79 Å². The number of nitrogens with two attached hydrogens (primary N) is 2. The van der Waals surface area contributed by atoms with Gasteiger partial charge in [0.2, 0.25) is 5.91 Å². The summed E-state index contributed by atoms with van der Waals surface area (Å²) in [5.74, 6) is -1.23. The summed E-state index contributed by atoms with van der Waals surface area (Å²) in [6.45, 7) is 0.941. The topological polar surface area (TPSA) is 173 Å². The maximum Gasteiger partial charge on any atom is 0.249 e. The molecule has 0 rings (SSSR count). The lowest BCUT2D eigenvalue weighted by Gasteiger charge is -2.23. The van der Waals surface area contributed by atoms with E-state index in [9.17, 15) is 4.79 Å². The van der Waals surface area contributed by atoms with Gasteiger partial charge >= 0.3 is 0 Å². The lowest BCUT2D eigenvalue weighted by molar-refractivity contribution is -0.146. The van der Waals surface area contributed by atoms with Crippen molar-refractivity contribution in [1.82, 2.24) is 4.90 Å². The van der Waals surface area contributed by atoms with Crippen molar-refractivity contribution in [1.29, 1.82) is 0 Å². The van der Waals surface area contributed by atoms with Crippen LogP contribution in [0.15, 0.2) is 0 Å². The smallest absolute Gasteiger partial charge is 0.249 e. The minimum absolute atomic E-state index is 0.757. The SMILES string of the molecule is CN(C)CCN.NC(=O)[C@H](O)[C@@H](O)[C@H](O)[C@H](O)CO. The molecule has 0 aliphatic carbocycles. The number of hydrogen-bond donors (Lipinski definition) is 7. The normalized spacial score (nSPS) is 17.1. The van der Waals surface area contributed by atoms with Crippen molar-refractivity contribution in [3.63, 3.8) is 0 Å². The quantitative estimate of drug-likeness (QED) is 0.244. The zero-order chi connectivity index (χ0) is 15.6. The third kappa shape index (κ3) is 9.73. The van der Waals surface area contributed by atoms with Crippen LogP contribution in [0.25, 0.3) is 0 Å². The highest BCUT2D eigenvalue weighted by molar-refractivity contribution is 5.79. The molecule has 0 unspecified atom stereocenters. The summed E-state index contributed by atoms with van der Waals surface area (Å²) in [6, 6.07) is 0. The lowest BCUT2D eigenvalue weighted by Crippen LogP contribution is -2.50. The molecule has 1 amide bonds. The van der Waals surface area contributed by atoms with Gasteiger partial charge in [-0.25, -0.2) is 0 Å². The van der Waals surface area contributed by atoms with Crippen LogP contribution >= 0.6 is 0 Å². The predicted molar refractivity (Wildman–Crippen MR) is 67.9 cm³/mol. The van der Waals surface area contributed by atoms with Crippen molar-refractivity contribution >= 4 is 5.91 Å². The minimum Gasteiger partial charge on any atom is -0.394 e. The van der Waals surface area contributed by atoms with Gasteiger partial charge in [0.15, 0.2) is 6.10 Å². The number of rotatable bonds is 7. The average molecular weight is 283 g/mol. The number of carbonyl (C=O) groups is 1. The summed E-state index contributed by atoms with van der Waals surface area (Å²) in [7, 11) is 4.01. The van der Waals surface area contributed by atoms with Gasteiger partial charge in [0.1, 0.15) is 18.3 Å². The second-order valence-corrected chi connectivity index (χ2v) is 4.17. The van der Waals surface area contributed by atoms with Crippen molar-refractivity contribution < 1.29 is 30.3 Å². The van der Waals surface area contributed by atoms with Crippen LogP contribution in [0.3, 0.4) is 0 Å². The Morgan fingerprint density at radius 3 is 1.84 bits per heavy atom. The standard InChI is InChI=1S/C6H13NO6.C4H12N2/c7-6(13)5(12)4(11)3(10)2(9)1-8;1-6(2)4-3-5/h2-5,8-12H,1H2,(H2,7,13);3-5H2,1-2H3/t2-,3-,4+,5-;/m1./s1. The summed E-state index contributed by atoms with van der Waals surface area (Å²) in [4.78, 5) is 12.4. The van der Waals surface area contributed by atoms with Crippen molar-refractivity contribution in [3.8, 4) is 0 Å². The molecular formula is C10H25N3O6. The van der Waals surface area contributed by atoms with E-state index in [0.717, 1.165) is 13.1 Å². The zero-order valence-electron chi connectivity index (χ0n) is 11.2. The van der Waals surface area contributed by atoms with E-state index in [4.69, 9.17) is 31.3 Å². The Balaban J connectivity index is 0. The molecule has 9 nitrogen and oxygen atoms in total. The fourth-order valence-electron chi connectivity index (χ4n) is 0.949. The van der Waals surface area contributed by atoms with Crippen LogP contribution in [0, 0.1) is 0 Å². The van der Waals surface area contributed by atoms with Gasteiger partial charge in [-0.2, -0.15) is 0 Å². The molecule has 116 valence electrons. The van der Waals surface area contributed by atoms with E-state index in [1.165, 1.54) is 0 Å². The summed E-state index contributed by atoms with van der Waals surface area (Å²) >= 11 is 0. The fourth-order valence-corrected chi connectivity index (χ4v) is 0.949. The van der Waals surface area contributed by atoms with Crippen molar-refractivity contribution in [2.75, 3.05) is 33.8 Å². The first-order valence-electron chi connectivity index (χ1n) is 5.66. The number of carbonyl (C=O) groups excluding carboxylic acids is 1. The number of aliphatic hydroxyl groups is 5. The summed E-state index contributed by atoms with van der Waals surface area (Å²) < 4.78 is 0. The van der Waals surface area contributed by atoms with E-state index in [-0.39, 0.29) is 0 Å². The van der Waals surface area contributed by atoms with Crippen molar-refractivity contribution in [2.24, 2.45) is 11.5 Å². The van der Waals surface area contributed by atoms with Crippen LogP contribution in [0.5, 0.6) is 0 Å². The van der Waals surface area contributed by atoms with Gasteiger partial charge in [-0.05, 0) is 14.1 Å². The zero-order valence-corrected chi connectivity index (χ0v) is 11.2. The van der Waals surface area contributed by atoms with E-state index < -0.39 is 36.9 Å². The molecule has 0 radical (unpaired) electrons. The Hall–Kier alpha value is -0.810. The largest absolute Gasteiger partial charge is 0.394 e. The molecule has 0 saturated carbocycles. The van der Waals surface area contributed by atoms with Crippen LogP contribution in [-0.2, 0) is 4.79 Å². The molecule has 19 heavy (non-hydrogen) atoms. The molecule has 9 heteroatoms. The molecule has 0 saturated heterocycles. The first-order chi connectivity index (χ1) is 8.68. The number of hydrogen-bond acceptors (Lipinski definition) is 8. The van der Waals surface area contributed by atoms with E-state index in [0.29, 0.717) is 0 Å². The van der Waals surface area contributed by atoms with E-state index in [1.54, 1.807) is 0 Å². The number of amides is 1. The van der Waals surface area contributed by atoms with E-state index >= 15 is 0 Å². The Morgan fingerprint density at radius 1 is 1.16 bits per heavy atom. The van der Waals surface area contributed by atoms with Gasteiger partial charge < -0.3 is 41.9 Å². The summed E-state index contributed by atoms with van der Waals surface area (Å²) in [6.07, 6.45) is -7.35. The fraction of sp³-hybridized carbons (Fsp3) is 0.900. The molecule has 0 aromatic heterocycles. The molecule has 0 aliphatic heterocycles.